The average Bonchev–Trinajstić information content (AvgIpc) is 2.56. The van der Waals surface area contributed by atoms with Crippen LogP contribution in [0.1, 0.15) is 38.5 Å². The van der Waals surface area contributed by atoms with E-state index in [9.17, 15) is 5.11 Å². The van der Waals surface area contributed by atoms with E-state index in [1.807, 2.05) is 0 Å². The normalized spacial score (nSPS) is 34.2. The highest BCUT2D eigenvalue weighted by molar-refractivity contribution is 4.81. The molecular formula is C10H19NO. The lowest BCUT2D eigenvalue weighted by molar-refractivity contribution is 0.0479. The van der Waals surface area contributed by atoms with Crippen LogP contribution in [-0.4, -0.2) is 35.2 Å². The monoisotopic (exact) mass is 169 g/mol. The van der Waals surface area contributed by atoms with Gasteiger partial charge < -0.3 is 5.11 Å². The van der Waals surface area contributed by atoms with E-state index in [0.717, 1.165) is 19.0 Å². The molecule has 0 aromatic heterocycles. The Kier molecular flexibility index (Phi) is 2.66. The summed E-state index contributed by atoms with van der Waals surface area (Å²) in [7, 11) is 0. The van der Waals surface area contributed by atoms with Gasteiger partial charge in [-0.05, 0) is 32.2 Å². The Balaban J connectivity index is 1.85. The van der Waals surface area contributed by atoms with Crippen LogP contribution in [0.2, 0.25) is 0 Å². The summed E-state index contributed by atoms with van der Waals surface area (Å²) in [5.74, 6) is 0. The molecule has 0 radical (unpaired) electrons. The molecule has 2 rings (SSSR count). The fraction of sp³-hybridized carbons (Fsp3) is 1.00. The van der Waals surface area contributed by atoms with Gasteiger partial charge in [0.2, 0.25) is 0 Å². The van der Waals surface area contributed by atoms with Gasteiger partial charge in [-0.1, -0.05) is 12.8 Å². The van der Waals surface area contributed by atoms with Crippen LogP contribution in [0, 0.1) is 0 Å². The lowest BCUT2D eigenvalue weighted by atomic mass is 10.1. The zero-order valence-electron chi connectivity index (χ0n) is 7.71. The maximum Gasteiger partial charge on any atom is 0.0667 e. The van der Waals surface area contributed by atoms with E-state index in [4.69, 9.17) is 0 Å². The number of nitrogens with zero attached hydrogens (tertiary/aromatic N) is 1. The smallest absolute Gasteiger partial charge is 0.0667 e. The summed E-state index contributed by atoms with van der Waals surface area (Å²) < 4.78 is 0. The van der Waals surface area contributed by atoms with Gasteiger partial charge in [-0.3, -0.25) is 4.90 Å². The first kappa shape index (κ1) is 8.52. The van der Waals surface area contributed by atoms with Crippen molar-refractivity contribution < 1.29 is 5.11 Å². The van der Waals surface area contributed by atoms with Crippen LogP contribution in [0.25, 0.3) is 0 Å². The highest BCUT2D eigenvalue weighted by atomic mass is 16.3. The molecule has 2 heteroatoms. The molecule has 70 valence electrons. The number of likely N-dealkylation sites (tertiary alicyclic amines) is 1. The zero-order chi connectivity index (χ0) is 8.39. The first-order valence-electron chi connectivity index (χ1n) is 5.28. The van der Waals surface area contributed by atoms with E-state index in [2.05, 4.69) is 4.90 Å². The molecule has 2 fully saturated rings. The molecule has 1 N–H and O–H groups in total. The molecule has 1 atom stereocenters. The maximum atomic E-state index is 9.50. The van der Waals surface area contributed by atoms with Gasteiger partial charge in [0, 0.05) is 12.6 Å². The molecule has 0 amide bonds. The van der Waals surface area contributed by atoms with Gasteiger partial charge in [0.25, 0.3) is 0 Å². The summed E-state index contributed by atoms with van der Waals surface area (Å²) in [6.07, 6.45) is 7.70. The third kappa shape index (κ3) is 1.80. The molecule has 1 aliphatic carbocycles. The molecule has 1 saturated carbocycles. The Hall–Kier alpha value is -0.0800. The quantitative estimate of drug-likeness (QED) is 0.641. The van der Waals surface area contributed by atoms with Gasteiger partial charge in [-0.25, -0.2) is 0 Å². The van der Waals surface area contributed by atoms with Crippen molar-refractivity contribution in [2.45, 2.75) is 50.7 Å². The van der Waals surface area contributed by atoms with Gasteiger partial charge in [0.05, 0.1) is 6.10 Å². The highest BCUT2D eigenvalue weighted by Gasteiger charge is 2.26. The Morgan fingerprint density at radius 1 is 1.00 bits per heavy atom. The van der Waals surface area contributed by atoms with Crippen LogP contribution in [0.5, 0.6) is 0 Å². The molecule has 1 heterocycles. The Morgan fingerprint density at radius 2 is 1.75 bits per heavy atom. The molecule has 2 aliphatic rings. The van der Waals surface area contributed by atoms with E-state index in [0.29, 0.717) is 0 Å². The van der Waals surface area contributed by atoms with Crippen LogP contribution >= 0.6 is 0 Å². The Bertz CT molecular complexity index is 143. The molecule has 0 aromatic carbocycles. The van der Waals surface area contributed by atoms with Crippen LogP contribution in [0.15, 0.2) is 0 Å². The SMILES string of the molecule is O[C@@H]1CCCN(C2CCCC2)C1. The summed E-state index contributed by atoms with van der Waals surface area (Å²) in [5.41, 5.74) is 0. The summed E-state index contributed by atoms with van der Waals surface area (Å²) >= 11 is 0. The largest absolute Gasteiger partial charge is 0.392 e. The van der Waals surface area contributed by atoms with Gasteiger partial charge in [0.15, 0.2) is 0 Å². The lowest BCUT2D eigenvalue weighted by Crippen LogP contribution is -2.43. The van der Waals surface area contributed by atoms with Gasteiger partial charge >= 0.3 is 0 Å². The van der Waals surface area contributed by atoms with E-state index in [1.165, 1.54) is 38.6 Å². The minimum Gasteiger partial charge on any atom is -0.392 e. The zero-order valence-corrected chi connectivity index (χ0v) is 7.71. The minimum absolute atomic E-state index is 0.0423. The van der Waals surface area contributed by atoms with Crippen LogP contribution < -0.4 is 0 Å². The number of piperidine rings is 1. The number of hydrogen-bond donors (Lipinski definition) is 1. The first-order valence-corrected chi connectivity index (χ1v) is 5.28. The van der Waals surface area contributed by atoms with Crippen LogP contribution in [0.3, 0.4) is 0 Å². The highest BCUT2D eigenvalue weighted by Crippen LogP contribution is 2.25. The summed E-state index contributed by atoms with van der Waals surface area (Å²) in [6, 6.07) is 0.806. The first-order chi connectivity index (χ1) is 5.86. The molecule has 1 saturated heterocycles. The van der Waals surface area contributed by atoms with Gasteiger partial charge in [-0.2, -0.15) is 0 Å². The predicted molar refractivity (Wildman–Crippen MR) is 49.1 cm³/mol. The maximum absolute atomic E-state index is 9.50. The van der Waals surface area contributed by atoms with E-state index >= 15 is 0 Å². The second-order valence-corrected chi connectivity index (χ2v) is 4.23. The minimum atomic E-state index is -0.0423. The second-order valence-electron chi connectivity index (χ2n) is 4.23. The van der Waals surface area contributed by atoms with Crippen molar-refractivity contribution in [2.24, 2.45) is 0 Å². The molecule has 0 bridgehead atoms. The van der Waals surface area contributed by atoms with Crippen LogP contribution in [-0.2, 0) is 0 Å². The summed E-state index contributed by atoms with van der Waals surface area (Å²) in [6.45, 7) is 2.16. The number of aliphatic hydroxyl groups excluding tert-OH is 1. The third-order valence-electron chi connectivity index (χ3n) is 3.27. The Morgan fingerprint density at radius 3 is 2.42 bits per heavy atom. The summed E-state index contributed by atoms with van der Waals surface area (Å²) in [5, 5.41) is 9.50. The molecule has 2 nitrogen and oxygen atoms in total. The number of aliphatic hydroxyl groups is 1. The number of β-amino-alcohol motifs (C(OH)–C–C–N with tert-alkyl or cyclic N) is 1. The fourth-order valence-corrected chi connectivity index (χ4v) is 2.58. The number of hydrogen-bond acceptors (Lipinski definition) is 2. The second kappa shape index (κ2) is 3.75. The molecule has 0 unspecified atom stereocenters. The fourth-order valence-electron chi connectivity index (χ4n) is 2.58. The predicted octanol–water partition coefficient (Wildman–Crippen LogP) is 1.39. The van der Waals surface area contributed by atoms with E-state index in [-0.39, 0.29) is 6.10 Å². The van der Waals surface area contributed by atoms with Gasteiger partial charge in [-0.15, -0.1) is 0 Å². The topological polar surface area (TPSA) is 23.5 Å². The molecule has 1 aliphatic heterocycles. The molecule has 0 aromatic rings. The van der Waals surface area contributed by atoms with Crippen LogP contribution in [0.4, 0.5) is 0 Å². The van der Waals surface area contributed by atoms with Gasteiger partial charge in [0.1, 0.15) is 0 Å². The van der Waals surface area contributed by atoms with Crippen molar-refractivity contribution in [3.8, 4) is 0 Å². The number of rotatable bonds is 1. The standard InChI is InChI=1S/C10H19NO/c12-10-6-3-7-11(8-10)9-4-1-2-5-9/h9-10,12H,1-8H2/t10-/m1/s1. The van der Waals surface area contributed by atoms with E-state index < -0.39 is 0 Å². The third-order valence-corrected chi connectivity index (χ3v) is 3.27. The van der Waals surface area contributed by atoms with Crippen molar-refractivity contribution in [2.75, 3.05) is 13.1 Å². The van der Waals surface area contributed by atoms with Crippen molar-refractivity contribution in [3.63, 3.8) is 0 Å². The average molecular weight is 169 g/mol. The Labute approximate surface area is 74.6 Å². The van der Waals surface area contributed by atoms with Crippen molar-refractivity contribution in [3.05, 3.63) is 0 Å². The molecule has 12 heavy (non-hydrogen) atoms. The van der Waals surface area contributed by atoms with E-state index in [1.54, 1.807) is 0 Å². The molecule has 0 spiro atoms. The summed E-state index contributed by atoms with van der Waals surface area (Å²) in [4.78, 5) is 2.50. The lowest BCUT2D eigenvalue weighted by Gasteiger charge is -2.34. The molecular weight excluding hydrogens is 150 g/mol. The van der Waals surface area contributed by atoms with Crippen molar-refractivity contribution in [1.82, 2.24) is 4.90 Å². The van der Waals surface area contributed by atoms with Crippen molar-refractivity contribution in [1.29, 1.82) is 0 Å². The van der Waals surface area contributed by atoms with Crippen molar-refractivity contribution >= 4 is 0 Å².